The molecule has 0 bridgehead atoms. The van der Waals surface area contributed by atoms with Crippen LogP contribution in [0, 0.1) is 0 Å². The van der Waals surface area contributed by atoms with E-state index in [4.69, 9.17) is 23.7 Å². The molecule has 0 spiro atoms. The lowest BCUT2D eigenvalue weighted by molar-refractivity contribution is -0.155. The summed E-state index contributed by atoms with van der Waals surface area (Å²) in [7, 11) is 3.92. The van der Waals surface area contributed by atoms with E-state index in [0.29, 0.717) is 45.2 Å². The van der Waals surface area contributed by atoms with E-state index in [1.165, 1.54) is 0 Å². The van der Waals surface area contributed by atoms with Crippen molar-refractivity contribution in [3.63, 3.8) is 0 Å². The van der Waals surface area contributed by atoms with E-state index in [1.807, 2.05) is 19.0 Å². The summed E-state index contributed by atoms with van der Waals surface area (Å²) in [6.07, 6.45) is 29.2. The van der Waals surface area contributed by atoms with Crippen LogP contribution in [-0.2, 0) is 52.5 Å². The highest BCUT2D eigenvalue weighted by molar-refractivity contribution is 5.82. The summed E-state index contributed by atoms with van der Waals surface area (Å²) in [4.78, 5) is 81.7. The van der Waals surface area contributed by atoms with Gasteiger partial charge in [0.1, 0.15) is 31.5 Å². The van der Waals surface area contributed by atoms with E-state index in [1.54, 1.807) is 4.90 Å². The number of hydrogen-bond donors (Lipinski definition) is 0. The second-order valence-electron chi connectivity index (χ2n) is 20.3. The number of esters is 5. The summed E-state index contributed by atoms with van der Waals surface area (Å²) in [6, 6.07) is -0.716. The first-order chi connectivity index (χ1) is 34.3. The summed E-state index contributed by atoms with van der Waals surface area (Å²) >= 11 is 0. The molecule has 416 valence electrons. The number of carbonyl (C=O) groups is 6. The van der Waals surface area contributed by atoms with Gasteiger partial charge in [0.25, 0.3) is 0 Å². The quantitative estimate of drug-likeness (QED) is 0.0323. The lowest BCUT2D eigenvalue weighted by Gasteiger charge is -2.32. The topological polar surface area (TPSA) is 155 Å². The van der Waals surface area contributed by atoms with E-state index in [2.05, 4.69) is 41.5 Å². The molecule has 0 saturated carbocycles. The number of unbranched alkanes of at least 4 members (excludes halogenated alkanes) is 17. The van der Waals surface area contributed by atoms with Gasteiger partial charge in [-0.3, -0.25) is 28.8 Å². The Kier molecular flexibility index (Phi) is 45.6. The molecule has 3 unspecified atom stereocenters. The van der Waals surface area contributed by atoms with Crippen LogP contribution in [0.15, 0.2) is 0 Å². The van der Waals surface area contributed by atoms with Gasteiger partial charge < -0.3 is 33.5 Å². The maximum absolute atomic E-state index is 14.0. The molecule has 0 aliphatic rings. The third-order valence-corrected chi connectivity index (χ3v) is 13.3. The fraction of sp³-hybridized carbons (Fsp3) is 0.897. The lowest BCUT2D eigenvalue weighted by atomic mass is 10.1. The second-order valence-corrected chi connectivity index (χ2v) is 20.3. The summed E-state index contributed by atoms with van der Waals surface area (Å²) in [5, 5.41) is 0. The minimum atomic E-state index is -0.716. The Morgan fingerprint density at radius 2 is 0.718 bits per heavy atom. The summed E-state index contributed by atoms with van der Waals surface area (Å²) < 4.78 is 28.8. The molecule has 0 aromatic heterocycles. The Morgan fingerprint density at radius 1 is 0.352 bits per heavy atom. The zero-order chi connectivity index (χ0) is 52.7. The molecule has 0 heterocycles. The summed E-state index contributed by atoms with van der Waals surface area (Å²) in [6.45, 7) is 13.5. The average molecular weight is 1010 g/mol. The highest BCUT2D eigenvalue weighted by atomic mass is 16.6. The zero-order valence-corrected chi connectivity index (χ0v) is 47.0. The van der Waals surface area contributed by atoms with Crippen molar-refractivity contribution in [2.24, 2.45) is 0 Å². The minimum absolute atomic E-state index is 0.0155. The van der Waals surface area contributed by atoms with Crippen molar-refractivity contribution >= 4 is 35.8 Å². The normalized spacial score (nSPS) is 13.0. The predicted molar refractivity (Wildman–Crippen MR) is 286 cm³/mol. The first-order valence-corrected chi connectivity index (χ1v) is 29.2. The van der Waals surface area contributed by atoms with Gasteiger partial charge >= 0.3 is 29.8 Å². The Labute approximate surface area is 434 Å². The number of nitrogens with zero attached hydrogens (tertiary/aromatic N) is 2. The molecule has 3 atom stereocenters. The molecule has 13 heteroatoms. The molecule has 0 aliphatic carbocycles. The molecule has 0 aliphatic heterocycles. The maximum atomic E-state index is 14.0. The molecule has 0 saturated heterocycles. The van der Waals surface area contributed by atoms with Crippen LogP contribution in [0.1, 0.15) is 273 Å². The number of amides is 1. The smallest absolute Gasteiger partial charge is 0.306 e. The molecule has 0 rings (SSSR count). The fourth-order valence-corrected chi connectivity index (χ4v) is 8.72. The Hall–Kier alpha value is -3.22. The van der Waals surface area contributed by atoms with Gasteiger partial charge in [0.15, 0.2) is 0 Å². The Bertz CT molecular complexity index is 1280. The van der Waals surface area contributed by atoms with Crippen molar-refractivity contribution in [2.75, 3.05) is 40.4 Å². The van der Waals surface area contributed by atoms with Crippen molar-refractivity contribution in [2.45, 2.75) is 297 Å². The largest absolute Gasteiger partial charge is 0.463 e. The summed E-state index contributed by atoms with van der Waals surface area (Å²) in [5.41, 5.74) is 0. The number of hydrogen-bond acceptors (Lipinski definition) is 12. The van der Waals surface area contributed by atoms with Crippen molar-refractivity contribution in [3.05, 3.63) is 0 Å². The van der Waals surface area contributed by atoms with Gasteiger partial charge in [-0.1, -0.05) is 144 Å². The third kappa shape index (κ3) is 40.9. The monoisotopic (exact) mass is 1010 g/mol. The van der Waals surface area contributed by atoms with Gasteiger partial charge in [0, 0.05) is 38.6 Å². The van der Waals surface area contributed by atoms with E-state index in [-0.39, 0.29) is 87.0 Å². The Balaban J connectivity index is 5.36. The van der Waals surface area contributed by atoms with E-state index in [9.17, 15) is 28.8 Å². The SMILES string of the molecule is CCCCCCC(CCC)OC(=O)CCC(=O)N(CCCN(C)C)C(COC(=O)CCCCCCCCC(=O)OC(CC)CCCCC)COC(=O)CCCCCCCCC(=O)OC(CC)CCCCC. The molecule has 13 nitrogen and oxygen atoms in total. The number of ether oxygens (including phenoxy) is 5. The van der Waals surface area contributed by atoms with Crippen LogP contribution >= 0.6 is 0 Å². The van der Waals surface area contributed by atoms with Crippen LogP contribution in [0.25, 0.3) is 0 Å². The predicted octanol–water partition coefficient (Wildman–Crippen LogP) is 13.7. The average Bonchev–Trinajstić information content (AvgIpc) is 3.34. The molecule has 0 N–H and O–H groups in total. The van der Waals surface area contributed by atoms with Gasteiger partial charge in [0.2, 0.25) is 5.91 Å². The minimum Gasteiger partial charge on any atom is -0.463 e. The second kappa shape index (κ2) is 47.8. The van der Waals surface area contributed by atoms with Crippen LogP contribution in [0.5, 0.6) is 0 Å². The van der Waals surface area contributed by atoms with Gasteiger partial charge in [0.05, 0.1) is 12.5 Å². The van der Waals surface area contributed by atoms with Crippen molar-refractivity contribution in [1.82, 2.24) is 9.80 Å². The van der Waals surface area contributed by atoms with Crippen LogP contribution in [0.4, 0.5) is 0 Å². The van der Waals surface area contributed by atoms with E-state index < -0.39 is 12.0 Å². The molecule has 0 fully saturated rings. The highest BCUT2D eigenvalue weighted by Gasteiger charge is 2.28. The van der Waals surface area contributed by atoms with Crippen LogP contribution < -0.4 is 0 Å². The first kappa shape index (κ1) is 67.8. The van der Waals surface area contributed by atoms with Gasteiger partial charge in [-0.2, -0.15) is 0 Å². The molecule has 0 aromatic rings. The van der Waals surface area contributed by atoms with Crippen molar-refractivity contribution in [3.8, 4) is 0 Å². The third-order valence-electron chi connectivity index (χ3n) is 13.3. The number of rotatable bonds is 50. The molecule has 1 amide bonds. The van der Waals surface area contributed by atoms with E-state index in [0.717, 1.165) is 173 Å². The fourth-order valence-electron chi connectivity index (χ4n) is 8.72. The maximum Gasteiger partial charge on any atom is 0.306 e. The molecule has 71 heavy (non-hydrogen) atoms. The zero-order valence-electron chi connectivity index (χ0n) is 47.0. The standard InChI is InChI=1S/C58H108N2O11/c1-9-15-18-29-38-52(35-12-4)71-58(66)44-43-53(61)60(46-34-45-59(7)8)49(47-67-54(62)39-30-23-19-21-25-32-41-56(64)69-50(13-5)36-27-16-10-2)48-68-55(63)40-31-24-20-22-26-33-42-57(65)70-51(14-6)37-28-17-11-3/h49-52H,9-48H2,1-8H3. The van der Waals surface area contributed by atoms with Gasteiger partial charge in [-0.25, -0.2) is 0 Å². The first-order valence-electron chi connectivity index (χ1n) is 29.2. The highest BCUT2D eigenvalue weighted by Crippen LogP contribution is 2.19. The van der Waals surface area contributed by atoms with Crippen LogP contribution in [0.3, 0.4) is 0 Å². The summed E-state index contributed by atoms with van der Waals surface area (Å²) in [5.74, 6) is -1.63. The van der Waals surface area contributed by atoms with Crippen LogP contribution in [-0.4, -0.2) is 110 Å². The Morgan fingerprint density at radius 3 is 1.14 bits per heavy atom. The van der Waals surface area contributed by atoms with Crippen molar-refractivity contribution in [1.29, 1.82) is 0 Å². The van der Waals surface area contributed by atoms with Gasteiger partial charge in [-0.15, -0.1) is 0 Å². The molecular formula is C58H108N2O11. The van der Waals surface area contributed by atoms with E-state index >= 15 is 0 Å². The van der Waals surface area contributed by atoms with Crippen LogP contribution in [0.2, 0.25) is 0 Å². The lowest BCUT2D eigenvalue weighted by Crippen LogP contribution is -2.47. The van der Waals surface area contributed by atoms with Crippen molar-refractivity contribution < 1.29 is 52.5 Å². The van der Waals surface area contributed by atoms with Gasteiger partial charge in [-0.05, 0) is 111 Å². The number of carbonyl (C=O) groups excluding carboxylic acids is 6. The molecule has 0 aromatic carbocycles. The molecular weight excluding hydrogens is 901 g/mol. The molecule has 0 radical (unpaired) electrons.